The van der Waals surface area contributed by atoms with E-state index >= 15 is 0 Å². The van der Waals surface area contributed by atoms with E-state index in [0.717, 1.165) is 44.2 Å². The van der Waals surface area contributed by atoms with Crippen molar-refractivity contribution >= 4 is 24.8 Å². The lowest BCUT2D eigenvalue weighted by atomic mass is 10.00. The van der Waals surface area contributed by atoms with Crippen LogP contribution in [0.25, 0.3) is 0 Å². The van der Waals surface area contributed by atoms with Gasteiger partial charge < -0.3 is 25.7 Å². The number of ether oxygens (including phenoxy) is 3. The monoisotopic (exact) mass is 368 g/mol. The minimum atomic E-state index is 0. The Hall–Kier alpha value is -0.880. The third-order valence-corrected chi connectivity index (χ3v) is 3.55. The molecular weight excluding hydrogens is 339 g/mol. The Morgan fingerprint density at radius 3 is 2.09 bits per heavy atom. The van der Waals surface area contributed by atoms with Gasteiger partial charge in [-0.1, -0.05) is 18.9 Å². The van der Waals surface area contributed by atoms with Crippen LogP contribution in [-0.2, 0) is 6.42 Å². The van der Waals surface area contributed by atoms with Crippen LogP contribution in [0.15, 0.2) is 12.1 Å². The van der Waals surface area contributed by atoms with Gasteiger partial charge >= 0.3 is 0 Å². The molecule has 7 heteroatoms. The molecule has 1 atom stereocenters. The molecule has 0 aliphatic carbocycles. The SMILES string of the molecule is COc1ccc(CC(N)CCCCCN)c(OC)c1OC.Cl.Cl. The molecule has 1 aromatic carbocycles. The largest absolute Gasteiger partial charge is 0.493 e. The molecule has 4 N–H and O–H groups in total. The molecule has 0 heterocycles. The third kappa shape index (κ3) is 7.48. The van der Waals surface area contributed by atoms with Crippen LogP contribution in [-0.4, -0.2) is 33.9 Å². The average molecular weight is 369 g/mol. The van der Waals surface area contributed by atoms with Crippen molar-refractivity contribution in [1.82, 2.24) is 0 Å². The van der Waals surface area contributed by atoms with E-state index in [1.165, 1.54) is 0 Å². The summed E-state index contributed by atoms with van der Waals surface area (Å²) in [6, 6.07) is 3.98. The molecule has 0 spiro atoms. The molecule has 0 radical (unpaired) electrons. The molecule has 0 aliphatic rings. The normalized spacial score (nSPS) is 11.0. The maximum Gasteiger partial charge on any atom is 0.203 e. The quantitative estimate of drug-likeness (QED) is 0.620. The average Bonchev–Trinajstić information content (AvgIpc) is 2.50. The standard InChI is InChI=1S/C16H28N2O3.2ClH/c1-19-14-9-8-12(15(20-2)16(14)21-3)11-13(18)7-5-4-6-10-17;;/h8-9,13H,4-7,10-11,17-18H2,1-3H3;2*1H. The van der Waals surface area contributed by atoms with Crippen molar-refractivity contribution in [3.05, 3.63) is 17.7 Å². The highest BCUT2D eigenvalue weighted by molar-refractivity contribution is 5.85. The van der Waals surface area contributed by atoms with E-state index in [0.29, 0.717) is 17.2 Å². The minimum absolute atomic E-state index is 0. The first kappa shape index (κ1) is 24.4. The lowest BCUT2D eigenvalue weighted by Crippen LogP contribution is -2.23. The Kier molecular flexibility index (Phi) is 14.4. The van der Waals surface area contributed by atoms with Crippen LogP contribution in [0.1, 0.15) is 31.2 Å². The van der Waals surface area contributed by atoms with E-state index in [9.17, 15) is 0 Å². The Morgan fingerprint density at radius 1 is 0.913 bits per heavy atom. The molecule has 0 amide bonds. The molecule has 1 unspecified atom stereocenters. The summed E-state index contributed by atoms with van der Waals surface area (Å²) in [5, 5.41) is 0. The van der Waals surface area contributed by atoms with Crippen LogP contribution in [0.5, 0.6) is 17.2 Å². The number of methoxy groups -OCH3 is 3. The number of hydrogen-bond donors (Lipinski definition) is 2. The zero-order valence-electron chi connectivity index (χ0n) is 14.2. The zero-order chi connectivity index (χ0) is 15.7. The van der Waals surface area contributed by atoms with Crippen LogP contribution < -0.4 is 25.7 Å². The molecule has 23 heavy (non-hydrogen) atoms. The van der Waals surface area contributed by atoms with Crippen LogP contribution in [0.4, 0.5) is 0 Å². The highest BCUT2D eigenvalue weighted by Crippen LogP contribution is 2.40. The number of hydrogen-bond acceptors (Lipinski definition) is 5. The van der Waals surface area contributed by atoms with E-state index in [4.69, 9.17) is 25.7 Å². The van der Waals surface area contributed by atoms with Gasteiger partial charge in [0, 0.05) is 6.04 Å². The van der Waals surface area contributed by atoms with E-state index in [1.54, 1.807) is 21.3 Å². The first-order chi connectivity index (χ1) is 10.2. The summed E-state index contributed by atoms with van der Waals surface area (Å²) in [5.74, 6) is 1.98. The summed E-state index contributed by atoms with van der Waals surface area (Å²) < 4.78 is 16.1. The van der Waals surface area contributed by atoms with Gasteiger partial charge in [0.05, 0.1) is 21.3 Å². The van der Waals surface area contributed by atoms with Crippen molar-refractivity contribution in [3.63, 3.8) is 0 Å². The van der Waals surface area contributed by atoms with Crippen LogP contribution in [0, 0.1) is 0 Å². The molecule has 0 aromatic heterocycles. The Labute approximate surface area is 151 Å². The zero-order valence-corrected chi connectivity index (χ0v) is 15.8. The minimum Gasteiger partial charge on any atom is -0.493 e. The van der Waals surface area contributed by atoms with Crippen molar-refractivity contribution < 1.29 is 14.2 Å². The molecule has 136 valence electrons. The lowest BCUT2D eigenvalue weighted by molar-refractivity contribution is 0.321. The fourth-order valence-electron chi connectivity index (χ4n) is 2.44. The second kappa shape index (κ2) is 13.5. The number of benzene rings is 1. The smallest absolute Gasteiger partial charge is 0.203 e. The van der Waals surface area contributed by atoms with E-state index in [-0.39, 0.29) is 30.9 Å². The van der Waals surface area contributed by atoms with Gasteiger partial charge in [0.25, 0.3) is 0 Å². The summed E-state index contributed by atoms with van der Waals surface area (Å²) in [6.45, 7) is 0.749. The number of nitrogens with two attached hydrogens (primary N) is 2. The molecule has 0 bridgehead atoms. The van der Waals surface area contributed by atoms with Crippen LogP contribution in [0.2, 0.25) is 0 Å². The van der Waals surface area contributed by atoms with Crippen LogP contribution in [0.3, 0.4) is 0 Å². The Bertz CT molecular complexity index is 434. The Balaban J connectivity index is 0. The molecule has 0 aliphatic heterocycles. The summed E-state index contributed by atoms with van der Waals surface area (Å²) >= 11 is 0. The van der Waals surface area contributed by atoms with E-state index < -0.39 is 0 Å². The van der Waals surface area contributed by atoms with Crippen LogP contribution >= 0.6 is 24.8 Å². The maximum atomic E-state index is 6.21. The summed E-state index contributed by atoms with van der Waals surface area (Å²) in [4.78, 5) is 0. The summed E-state index contributed by atoms with van der Waals surface area (Å²) in [7, 11) is 4.85. The molecule has 1 rings (SSSR count). The fraction of sp³-hybridized carbons (Fsp3) is 0.625. The van der Waals surface area contributed by atoms with Crippen molar-refractivity contribution in [2.75, 3.05) is 27.9 Å². The predicted octanol–water partition coefficient (Wildman–Crippen LogP) is 2.94. The van der Waals surface area contributed by atoms with Crippen molar-refractivity contribution in [2.45, 2.75) is 38.1 Å². The molecule has 0 saturated carbocycles. The second-order valence-electron chi connectivity index (χ2n) is 5.10. The Morgan fingerprint density at radius 2 is 1.57 bits per heavy atom. The van der Waals surface area contributed by atoms with Gasteiger partial charge in [-0.15, -0.1) is 24.8 Å². The fourth-order valence-corrected chi connectivity index (χ4v) is 2.44. The highest BCUT2D eigenvalue weighted by Gasteiger charge is 2.17. The van der Waals surface area contributed by atoms with Gasteiger partial charge in [0.15, 0.2) is 11.5 Å². The molecule has 0 fully saturated rings. The number of rotatable bonds is 10. The predicted molar refractivity (Wildman–Crippen MR) is 99.8 cm³/mol. The lowest BCUT2D eigenvalue weighted by Gasteiger charge is -2.18. The summed E-state index contributed by atoms with van der Waals surface area (Å²) in [5.41, 5.74) is 12.8. The first-order valence-corrected chi connectivity index (χ1v) is 7.41. The molecule has 0 saturated heterocycles. The van der Waals surface area contributed by atoms with Crippen molar-refractivity contribution in [2.24, 2.45) is 11.5 Å². The third-order valence-electron chi connectivity index (χ3n) is 3.55. The number of halogens is 2. The van der Waals surface area contributed by atoms with Crippen molar-refractivity contribution in [1.29, 1.82) is 0 Å². The van der Waals surface area contributed by atoms with Gasteiger partial charge in [0.2, 0.25) is 5.75 Å². The first-order valence-electron chi connectivity index (χ1n) is 7.41. The number of unbranched alkanes of at least 4 members (excludes halogenated alkanes) is 2. The molecular formula is C16H30Cl2N2O3. The molecule has 1 aromatic rings. The molecule has 5 nitrogen and oxygen atoms in total. The topological polar surface area (TPSA) is 79.7 Å². The highest BCUT2D eigenvalue weighted by atomic mass is 35.5. The second-order valence-corrected chi connectivity index (χ2v) is 5.10. The van der Waals surface area contributed by atoms with Gasteiger partial charge in [-0.2, -0.15) is 0 Å². The van der Waals surface area contributed by atoms with Gasteiger partial charge in [0.1, 0.15) is 0 Å². The summed E-state index contributed by atoms with van der Waals surface area (Å²) in [6.07, 6.45) is 5.04. The van der Waals surface area contributed by atoms with E-state index in [2.05, 4.69) is 0 Å². The van der Waals surface area contributed by atoms with Gasteiger partial charge in [-0.25, -0.2) is 0 Å². The van der Waals surface area contributed by atoms with Gasteiger partial charge in [-0.05, 0) is 37.4 Å². The van der Waals surface area contributed by atoms with Gasteiger partial charge in [-0.3, -0.25) is 0 Å². The van der Waals surface area contributed by atoms with E-state index in [1.807, 2.05) is 12.1 Å². The van der Waals surface area contributed by atoms with Crippen molar-refractivity contribution in [3.8, 4) is 17.2 Å². The maximum absolute atomic E-state index is 6.21.